The van der Waals surface area contributed by atoms with Gasteiger partial charge in [-0.1, -0.05) is 381 Å². The van der Waals surface area contributed by atoms with E-state index in [9.17, 15) is 43.2 Å². The molecule has 0 aromatic rings. The third-order valence-corrected chi connectivity index (χ3v) is 20.8. The maximum atomic E-state index is 13.1. The lowest BCUT2D eigenvalue weighted by molar-refractivity contribution is -0.161. The normalized spacial score (nSPS) is 13.8. The third-order valence-electron chi connectivity index (χ3n) is 18.9. The topological polar surface area (TPSA) is 237 Å². The summed E-state index contributed by atoms with van der Waals surface area (Å²) in [6.45, 7) is 4.98. The van der Waals surface area contributed by atoms with E-state index in [2.05, 4.69) is 27.7 Å². The van der Waals surface area contributed by atoms with E-state index in [-0.39, 0.29) is 25.7 Å². The first-order chi connectivity index (χ1) is 48.2. The van der Waals surface area contributed by atoms with Gasteiger partial charge in [0.25, 0.3) is 0 Å². The number of phosphoric ester groups is 2. The van der Waals surface area contributed by atoms with Gasteiger partial charge in [-0.25, -0.2) is 9.13 Å². The van der Waals surface area contributed by atoms with Gasteiger partial charge in [0.2, 0.25) is 0 Å². The number of hydrogen-bond donors (Lipinski definition) is 3. The molecule has 3 N–H and O–H groups in total. The van der Waals surface area contributed by atoms with Crippen LogP contribution >= 0.6 is 15.6 Å². The van der Waals surface area contributed by atoms with Crippen LogP contribution < -0.4 is 0 Å². The van der Waals surface area contributed by atoms with Crippen LogP contribution in [0.15, 0.2) is 0 Å². The molecule has 2 unspecified atom stereocenters. The smallest absolute Gasteiger partial charge is 0.462 e. The summed E-state index contributed by atoms with van der Waals surface area (Å²) < 4.78 is 68.6. The fourth-order valence-electron chi connectivity index (χ4n) is 12.5. The number of carbonyl (C=O) groups excluding carboxylic acids is 4. The highest BCUT2D eigenvalue weighted by Gasteiger charge is 2.30. The Kier molecular flexibility index (Phi) is 72.9. The zero-order valence-electron chi connectivity index (χ0n) is 64.5. The van der Waals surface area contributed by atoms with Crippen LogP contribution in [-0.4, -0.2) is 96.7 Å². The van der Waals surface area contributed by atoms with Gasteiger partial charge in [-0.05, 0) is 25.7 Å². The molecule has 19 heteroatoms. The van der Waals surface area contributed by atoms with E-state index in [4.69, 9.17) is 37.0 Å². The van der Waals surface area contributed by atoms with E-state index in [1.54, 1.807) is 0 Å². The maximum absolute atomic E-state index is 13.1. The Bertz CT molecular complexity index is 1880. The van der Waals surface area contributed by atoms with E-state index >= 15 is 0 Å². The number of carbonyl (C=O) groups is 4. The largest absolute Gasteiger partial charge is 0.472 e. The SMILES string of the molecule is CCCCCCCCCCCCCCCCCCCCC(=O)OC[C@H](COP(=O)(O)OC[C@@H](O)COP(=O)(O)OC[C@@H](COC(=O)CCCCCCCCC)OC(=O)CCCCCCCCCCCCCCCCCC)OC(=O)CCCCCCCCCCCCCCCCCCCC. The van der Waals surface area contributed by atoms with Gasteiger partial charge < -0.3 is 33.8 Å². The average Bonchev–Trinajstić information content (AvgIpc) is 1.04. The monoisotopic (exact) mass is 1450 g/mol. The average molecular weight is 1450 g/mol. The van der Waals surface area contributed by atoms with Gasteiger partial charge in [0.15, 0.2) is 12.2 Å². The molecule has 0 radical (unpaired) electrons. The van der Waals surface area contributed by atoms with Crippen molar-refractivity contribution in [2.45, 2.75) is 451 Å². The predicted octanol–water partition coefficient (Wildman–Crippen LogP) is 24.2. The van der Waals surface area contributed by atoms with Crippen LogP contribution in [0.2, 0.25) is 0 Å². The van der Waals surface area contributed by atoms with Crippen molar-refractivity contribution >= 4 is 39.5 Å². The van der Waals surface area contributed by atoms with Crippen molar-refractivity contribution in [1.29, 1.82) is 0 Å². The number of phosphoric acid groups is 2. The molecule has 0 fully saturated rings. The van der Waals surface area contributed by atoms with Crippen LogP contribution in [0.25, 0.3) is 0 Å². The predicted molar refractivity (Wildman–Crippen MR) is 405 cm³/mol. The van der Waals surface area contributed by atoms with Gasteiger partial charge in [0, 0.05) is 25.7 Å². The Morgan fingerprint density at radius 2 is 0.404 bits per heavy atom. The molecule has 5 atom stereocenters. The molecule has 0 bridgehead atoms. The van der Waals surface area contributed by atoms with Gasteiger partial charge in [-0.3, -0.25) is 37.3 Å². The van der Waals surface area contributed by atoms with Crippen molar-refractivity contribution in [1.82, 2.24) is 0 Å². The molecule has 0 aliphatic heterocycles. The lowest BCUT2D eigenvalue weighted by Gasteiger charge is -2.21. The molecule has 0 aliphatic carbocycles. The molecule has 0 amide bonds. The minimum absolute atomic E-state index is 0.109. The highest BCUT2D eigenvalue weighted by molar-refractivity contribution is 7.47. The van der Waals surface area contributed by atoms with Crippen LogP contribution in [-0.2, 0) is 65.4 Å². The van der Waals surface area contributed by atoms with Crippen molar-refractivity contribution in [3.63, 3.8) is 0 Å². The summed E-state index contributed by atoms with van der Waals surface area (Å²) in [7, 11) is -9.91. The number of rotatable bonds is 81. The fraction of sp³-hybridized carbons (Fsp3) is 0.950. The summed E-state index contributed by atoms with van der Waals surface area (Å²) in [5, 5.41) is 10.6. The molecule has 0 aromatic carbocycles. The van der Waals surface area contributed by atoms with Gasteiger partial charge in [-0.2, -0.15) is 0 Å². The van der Waals surface area contributed by atoms with E-state index in [0.29, 0.717) is 25.7 Å². The summed E-state index contributed by atoms with van der Waals surface area (Å²) in [5.74, 6) is -2.11. The number of aliphatic hydroxyl groups is 1. The molecule has 0 aliphatic rings. The van der Waals surface area contributed by atoms with Crippen LogP contribution in [0.5, 0.6) is 0 Å². The number of esters is 4. The van der Waals surface area contributed by atoms with E-state index in [1.165, 1.54) is 250 Å². The number of hydrogen-bond acceptors (Lipinski definition) is 15. The molecule has 0 heterocycles. The Morgan fingerprint density at radius 1 is 0.242 bits per heavy atom. The second-order valence-corrected chi connectivity index (χ2v) is 31.7. The van der Waals surface area contributed by atoms with E-state index < -0.39 is 97.5 Å². The molecule has 0 saturated carbocycles. The first kappa shape index (κ1) is 97.1. The molecule has 17 nitrogen and oxygen atoms in total. The molecule has 99 heavy (non-hydrogen) atoms. The van der Waals surface area contributed by atoms with Crippen molar-refractivity contribution in [2.24, 2.45) is 0 Å². The maximum Gasteiger partial charge on any atom is 0.472 e. The van der Waals surface area contributed by atoms with E-state index in [0.717, 1.165) is 103 Å². The molecular formula is C80H156O17P2. The van der Waals surface area contributed by atoms with Crippen molar-refractivity contribution in [3.8, 4) is 0 Å². The first-order valence-corrected chi connectivity index (χ1v) is 44.8. The van der Waals surface area contributed by atoms with Crippen LogP contribution in [0.3, 0.4) is 0 Å². The second kappa shape index (κ2) is 74.3. The van der Waals surface area contributed by atoms with Gasteiger partial charge in [0.1, 0.15) is 19.3 Å². The Balaban J connectivity index is 5.17. The quantitative estimate of drug-likeness (QED) is 0.0222. The van der Waals surface area contributed by atoms with E-state index in [1.807, 2.05) is 0 Å². The zero-order valence-corrected chi connectivity index (χ0v) is 66.3. The molecule has 0 rings (SSSR count). The fourth-order valence-corrected chi connectivity index (χ4v) is 14.0. The molecule has 0 aromatic heterocycles. The molecule has 0 spiro atoms. The highest BCUT2D eigenvalue weighted by Crippen LogP contribution is 2.45. The summed E-state index contributed by atoms with van der Waals surface area (Å²) in [6, 6.07) is 0. The number of aliphatic hydroxyl groups excluding tert-OH is 1. The Labute approximate surface area is 607 Å². The number of unbranched alkanes of at least 4 members (excludes halogenated alkanes) is 55. The van der Waals surface area contributed by atoms with Crippen molar-refractivity contribution in [3.05, 3.63) is 0 Å². The van der Waals surface area contributed by atoms with Crippen molar-refractivity contribution in [2.75, 3.05) is 39.6 Å². The van der Waals surface area contributed by atoms with Gasteiger partial charge in [-0.15, -0.1) is 0 Å². The first-order valence-electron chi connectivity index (χ1n) is 41.8. The summed E-state index contributed by atoms with van der Waals surface area (Å²) in [5.41, 5.74) is 0. The summed E-state index contributed by atoms with van der Waals surface area (Å²) in [4.78, 5) is 72.9. The van der Waals surface area contributed by atoms with Crippen LogP contribution in [0.1, 0.15) is 432 Å². The van der Waals surface area contributed by atoms with Crippen molar-refractivity contribution < 1.29 is 80.2 Å². The standard InChI is InChI=1S/C80H156O17P2/c1-5-9-13-17-21-24-27-30-33-36-38-41-43-46-49-53-57-61-65-78(83)91-71-76(97-80(85)67-63-59-55-51-48-45-42-39-37-34-31-28-25-22-18-14-10-6-2)73-95-99(88,89)93-69-74(81)68-92-98(86,87)94-72-75(70-90-77(82)64-60-56-52-20-16-12-8-4)96-79(84)66-62-58-54-50-47-44-40-35-32-29-26-23-19-15-11-7-3/h74-76,81H,5-73H2,1-4H3,(H,86,87)(H,88,89)/t74-,75+,76+/m0/s1. The lowest BCUT2D eigenvalue weighted by Crippen LogP contribution is -2.30. The molecule has 0 saturated heterocycles. The summed E-state index contributed by atoms with van der Waals surface area (Å²) >= 11 is 0. The lowest BCUT2D eigenvalue weighted by atomic mass is 10.0. The Morgan fingerprint density at radius 3 is 0.596 bits per heavy atom. The van der Waals surface area contributed by atoms with Gasteiger partial charge >= 0.3 is 39.5 Å². The second-order valence-electron chi connectivity index (χ2n) is 28.8. The zero-order chi connectivity index (χ0) is 72.5. The highest BCUT2D eigenvalue weighted by atomic mass is 31.2. The van der Waals surface area contributed by atoms with Crippen LogP contribution in [0.4, 0.5) is 0 Å². The summed E-state index contributed by atoms with van der Waals surface area (Å²) in [6.07, 6.45) is 66.7. The molecule has 588 valence electrons. The number of ether oxygens (including phenoxy) is 4. The van der Waals surface area contributed by atoms with Crippen LogP contribution in [0, 0.1) is 0 Å². The molecular weight excluding hydrogens is 1290 g/mol. The third kappa shape index (κ3) is 74.1. The minimum Gasteiger partial charge on any atom is -0.462 e. The van der Waals surface area contributed by atoms with Gasteiger partial charge in [0.05, 0.1) is 26.4 Å². The minimum atomic E-state index is -4.96. The Hall–Kier alpha value is -1.94.